The second-order valence-electron chi connectivity index (χ2n) is 6.30. The van der Waals surface area contributed by atoms with E-state index in [1.54, 1.807) is 18.5 Å². The Balaban J connectivity index is 1.76. The van der Waals surface area contributed by atoms with Gasteiger partial charge in [0.25, 0.3) is 0 Å². The molecule has 3 N–H and O–H groups in total. The molecule has 0 fully saturated rings. The van der Waals surface area contributed by atoms with Gasteiger partial charge >= 0.3 is 0 Å². The van der Waals surface area contributed by atoms with Crippen molar-refractivity contribution in [3.05, 3.63) is 77.0 Å². The molecule has 0 unspecified atom stereocenters. The van der Waals surface area contributed by atoms with E-state index in [1.165, 1.54) is 12.3 Å². The molecule has 0 aliphatic carbocycles. The summed E-state index contributed by atoms with van der Waals surface area (Å²) in [5.41, 5.74) is 9.19. The molecule has 3 aromatic heterocycles. The van der Waals surface area contributed by atoms with E-state index in [1.807, 2.05) is 6.92 Å². The molecule has 8 heteroatoms. The highest BCUT2D eigenvalue weighted by Gasteiger charge is 2.18. The van der Waals surface area contributed by atoms with Gasteiger partial charge < -0.3 is 10.7 Å². The molecule has 1 aromatic carbocycles. The van der Waals surface area contributed by atoms with Crippen molar-refractivity contribution in [3.63, 3.8) is 0 Å². The Hall–Kier alpha value is -3.52. The van der Waals surface area contributed by atoms with Crippen molar-refractivity contribution in [2.45, 2.75) is 13.5 Å². The van der Waals surface area contributed by atoms with E-state index < -0.39 is 17.4 Å². The molecule has 0 saturated carbocycles. The van der Waals surface area contributed by atoms with Crippen LogP contribution in [0.15, 0.2) is 42.9 Å². The van der Waals surface area contributed by atoms with Gasteiger partial charge in [0.1, 0.15) is 11.3 Å². The molecule has 0 aliphatic heterocycles. The summed E-state index contributed by atoms with van der Waals surface area (Å²) in [4.78, 5) is 28.0. The smallest absolute Gasteiger partial charge is 0.228 e. The summed E-state index contributed by atoms with van der Waals surface area (Å²) >= 11 is 0. The third-order valence-electron chi connectivity index (χ3n) is 4.56. The Bertz CT molecular complexity index is 1220. The summed E-state index contributed by atoms with van der Waals surface area (Å²) in [5.74, 6) is -2.11. The Morgan fingerprint density at radius 2 is 2.04 bits per heavy atom. The predicted octanol–water partition coefficient (Wildman–Crippen LogP) is 3.30. The Morgan fingerprint density at radius 1 is 1.21 bits per heavy atom. The second-order valence-corrected chi connectivity index (χ2v) is 6.30. The molecule has 4 aromatic rings. The van der Waals surface area contributed by atoms with Gasteiger partial charge in [0.2, 0.25) is 5.78 Å². The zero-order chi connectivity index (χ0) is 19.8. The number of hydrogen-bond acceptors (Lipinski definition) is 5. The fourth-order valence-corrected chi connectivity index (χ4v) is 3.03. The first-order chi connectivity index (χ1) is 13.5. The number of ketones is 1. The van der Waals surface area contributed by atoms with Gasteiger partial charge in [-0.2, -0.15) is 0 Å². The maximum atomic E-state index is 13.9. The lowest BCUT2D eigenvalue weighted by molar-refractivity contribution is 0.103. The molecule has 4 rings (SSSR count). The van der Waals surface area contributed by atoms with Crippen LogP contribution in [0.2, 0.25) is 0 Å². The minimum absolute atomic E-state index is 0.0188. The standard InChI is InChI=1S/C20H15F2N5O/c1-10-12(7-23)8-24-9-14(10)16-4-11(2-3-25-16)19(28)20-26-17-6-13(21)5-15(22)18(17)27-20/h2-6,8-9H,7,23H2,1H3,(H,26,27). The van der Waals surface area contributed by atoms with Crippen molar-refractivity contribution >= 4 is 16.8 Å². The lowest BCUT2D eigenvalue weighted by Crippen LogP contribution is -2.05. The fraction of sp³-hybridized carbons (Fsp3) is 0.100. The van der Waals surface area contributed by atoms with Crippen LogP contribution < -0.4 is 5.73 Å². The number of nitrogens with one attached hydrogen (secondary N) is 1. The van der Waals surface area contributed by atoms with E-state index in [4.69, 9.17) is 5.73 Å². The van der Waals surface area contributed by atoms with Crippen LogP contribution in [0.3, 0.4) is 0 Å². The Kier molecular flexibility index (Phi) is 4.40. The predicted molar refractivity (Wildman–Crippen MR) is 99.5 cm³/mol. The average molecular weight is 379 g/mol. The number of carbonyl (C=O) groups excluding carboxylic acids is 1. The normalized spacial score (nSPS) is 11.1. The monoisotopic (exact) mass is 379 g/mol. The highest BCUT2D eigenvalue weighted by Crippen LogP contribution is 2.25. The van der Waals surface area contributed by atoms with Crippen LogP contribution in [0.1, 0.15) is 27.3 Å². The molecule has 28 heavy (non-hydrogen) atoms. The zero-order valence-corrected chi connectivity index (χ0v) is 14.8. The molecular weight excluding hydrogens is 364 g/mol. The molecule has 0 aliphatic rings. The topological polar surface area (TPSA) is 97.5 Å². The number of halogens is 2. The number of pyridine rings is 2. The summed E-state index contributed by atoms with van der Waals surface area (Å²) in [6.07, 6.45) is 4.85. The first-order valence-electron chi connectivity index (χ1n) is 8.47. The number of rotatable bonds is 4. The summed E-state index contributed by atoms with van der Waals surface area (Å²) in [7, 11) is 0. The molecule has 0 saturated heterocycles. The number of aromatic amines is 1. The molecule has 0 atom stereocenters. The molecule has 140 valence electrons. The molecular formula is C20H15F2N5O. The van der Waals surface area contributed by atoms with Crippen LogP contribution in [0.25, 0.3) is 22.3 Å². The molecule has 0 amide bonds. The van der Waals surface area contributed by atoms with Crippen molar-refractivity contribution in [1.29, 1.82) is 0 Å². The third kappa shape index (κ3) is 3.03. The number of imidazole rings is 1. The number of hydrogen-bond donors (Lipinski definition) is 2. The summed E-state index contributed by atoms with van der Waals surface area (Å²) in [6, 6.07) is 4.94. The summed E-state index contributed by atoms with van der Waals surface area (Å²) < 4.78 is 27.2. The number of H-pyrrole nitrogens is 1. The minimum Gasteiger partial charge on any atom is -0.333 e. The average Bonchev–Trinajstić information content (AvgIpc) is 3.12. The van der Waals surface area contributed by atoms with E-state index in [9.17, 15) is 13.6 Å². The van der Waals surface area contributed by atoms with Gasteiger partial charge in [-0.05, 0) is 30.2 Å². The van der Waals surface area contributed by atoms with Gasteiger partial charge in [-0.3, -0.25) is 14.8 Å². The molecule has 0 bridgehead atoms. The number of carbonyl (C=O) groups is 1. The first-order valence-corrected chi connectivity index (χ1v) is 8.47. The van der Waals surface area contributed by atoms with Crippen molar-refractivity contribution in [2.75, 3.05) is 0 Å². The third-order valence-corrected chi connectivity index (χ3v) is 4.56. The van der Waals surface area contributed by atoms with E-state index in [0.29, 0.717) is 17.8 Å². The first kappa shape index (κ1) is 17.9. The lowest BCUT2D eigenvalue weighted by atomic mass is 10.0. The quantitative estimate of drug-likeness (QED) is 0.530. The van der Waals surface area contributed by atoms with Crippen LogP contribution in [0, 0.1) is 18.6 Å². The Morgan fingerprint density at radius 3 is 2.82 bits per heavy atom. The van der Waals surface area contributed by atoms with Crippen molar-refractivity contribution in [2.24, 2.45) is 5.73 Å². The van der Waals surface area contributed by atoms with Crippen LogP contribution in [-0.2, 0) is 6.54 Å². The van der Waals surface area contributed by atoms with E-state index >= 15 is 0 Å². The highest BCUT2D eigenvalue weighted by atomic mass is 19.1. The largest absolute Gasteiger partial charge is 0.333 e. The van der Waals surface area contributed by atoms with Gasteiger partial charge in [-0.15, -0.1) is 0 Å². The number of benzene rings is 1. The van der Waals surface area contributed by atoms with Crippen LogP contribution in [0.4, 0.5) is 8.78 Å². The van der Waals surface area contributed by atoms with Gasteiger partial charge in [0, 0.05) is 48.4 Å². The molecule has 0 spiro atoms. The van der Waals surface area contributed by atoms with Crippen molar-refractivity contribution < 1.29 is 13.6 Å². The fourth-order valence-electron chi connectivity index (χ4n) is 3.03. The number of fused-ring (bicyclic) bond motifs is 1. The van der Waals surface area contributed by atoms with Crippen LogP contribution >= 0.6 is 0 Å². The van der Waals surface area contributed by atoms with E-state index in [0.717, 1.165) is 28.8 Å². The zero-order valence-electron chi connectivity index (χ0n) is 14.8. The molecule has 6 nitrogen and oxygen atoms in total. The van der Waals surface area contributed by atoms with Gasteiger partial charge in [-0.25, -0.2) is 13.8 Å². The van der Waals surface area contributed by atoms with Crippen LogP contribution in [0.5, 0.6) is 0 Å². The maximum Gasteiger partial charge on any atom is 0.228 e. The van der Waals surface area contributed by atoms with Crippen molar-refractivity contribution in [1.82, 2.24) is 19.9 Å². The Labute approximate surface area is 158 Å². The van der Waals surface area contributed by atoms with Crippen molar-refractivity contribution in [3.8, 4) is 11.3 Å². The minimum atomic E-state index is -0.808. The van der Waals surface area contributed by atoms with Gasteiger partial charge in [0.05, 0.1) is 11.2 Å². The summed E-state index contributed by atoms with van der Waals surface area (Å²) in [6.45, 7) is 2.25. The van der Waals surface area contributed by atoms with E-state index in [-0.39, 0.29) is 16.9 Å². The van der Waals surface area contributed by atoms with Gasteiger partial charge in [-0.1, -0.05) is 0 Å². The molecule has 3 heterocycles. The molecule has 0 radical (unpaired) electrons. The second kappa shape index (κ2) is 6.90. The summed E-state index contributed by atoms with van der Waals surface area (Å²) in [5, 5.41) is 0. The number of nitrogens with two attached hydrogens (primary N) is 1. The van der Waals surface area contributed by atoms with Crippen LogP contribution in [-0.4, -0.2) is 25.7 Å². The maximum absolute atomic E-state index is 13.9. The van der Waals surface area contributed by atoms with Gasteiger partial charge in [0.15, 0.2) is 11.6 Å². The number of nitrogens with zero attached hydrogens (tertiary/aromatic N) is 3. The van der Waals surface area contributed by atoms with E-state index in [2.05, 4.69) is 19.9 Å². The SMILES string of the molecule is Cc1c(CN)cncc1-c1cc(C(=O)c2nc3cc(F)cc(F)c3[nH]2)ccn1. The lowest BCUT2D eigenvalue weighted by Gasteiger charge is -2.09. The number of aromatic nitrogens is 4. The highest BCUT2D eigenvalue weighted by molar-refractivity contribution is 6.08.